The van der Waals surface area contributed by atoms with Gasteiger partial charge in [0.1, 0.15) is 5.82 Å². The molecule has 0 fully saturated rings. The summed E-state index contributed by atoms with van der Waals surface area (Å²) in [7, 11) is 2.13. The Morgan fingerprint density at radius 2 is 1.21 bits per heavy atom. The second-order valence-electron chi connectivity index (χ2n) is 16.1. The van der Waals surface area contributed by atoms with E-state index in [1.165, 1.54) is 50.1 Å². The van der Waals surface area contributed by atoms with E-state index in [0.717, 1.165) is 50.2 Å². The molecule has 6 heteroatoms. The summed E-state index contributed by atoms with van der Waals surface area (Å²) in [4.78, 5) is 9.26. The Morgan fingerprint density at radius 1 is 0.548 bits per heavy atom. The van der Waals surface area contributed by atoms with Gasteiger partial charge >= 0.3 is 0 Å². The first-order valence-corrected chi connectivity index (χ1v) is 20.7. The molecule has 10 aromatic rings. The van der Waals surface area contributed by atoms with Crippen LogP contribution < -0.4 is 14.5 Å². The third-order valence-corrected chi connectivity index (χ3v) is 12.9. The number of hydrogen-bond donors (Lipinski definition) is 0. The number of hydrogen-bond acceptors (Lipinski definition) is 4. The van der Waals surface area contributed by atoms with Crippen LogP contribution in [0, 0.1) is 18.8 Å². The Bertz CT molecular complexity index is 3310. The molecule has 1 aliphatic carbocycles. The molecule has 4 heterocycles. The SMILES string of the molecule is CN1[CH-]N2c3[c-]c(Oc4[c-]c5c(cc4)c4ccccc4n5-c4ccccn4)ccc3C3(c4cc(-c5ccccc5)ccc4-c4ccc(-c5ccccc5)cc43)c3cccc1c32.[Pd]. The summed E-state index contributed by atoms with van der Waals surface area (Å²) < 4.78 is 8.97. The zero-order valence-corrected chi connectivity index (χ0v) is 35.0. The maximum Gasteiger partial charge on any atom is 0.135 e. The van der Waals surface area contributed by atoms with E-state index >= 15 is 0 Å². The number of ether oxygens (including phenoxy) is 1. The van der Waals surface area contributed by atoms with Gasteiger partial charge in [0.25, 0.3) is 0 Å². The summed E-state index contributed by atoms with van der Waals surface area (Å²) >= 11 is 0. The number of rotatable bonds is 5. The van der Waals surface area contributed by atoms with Crippen LogP contribution in [-0.4, -0.2) is 16.6 Å². The van der Waals surface area contributed by atoms with Gasteiger partial charge in [-0.1, -0.05) is 145 Å². The number of nitrogens with zero attached hydrogens (tertiary/aromatic N) is 4. The molecule has 298 valence electrons. The van der Waals surface area contributed by atoms with E-state index < -0.39 is 5.41 Å². The van der Waals surface area contributed by atoms with Crippen LogP contribution in [0.25, 0.3) is 61.0 Å². The molecule has 13 rings (SSSR count). The summed E-state index contributed by atoms with van der Waals surface area (Å²) in [5.41, 5.74) is 16.8. The van der Waals surface area contributed by atoms with E-state index in [1.54, 1.807) is 0 Å². The standard InChI is InChI=1S/C56H35N4O.Pd/c1-58-35-59-53-34-41(61-40-24-28-45-44-17-8-9-19-50(44)60(52(45)33-40)54-21-10-11-30-57-54)25-29-46(53)56(47-18-12-20-51(58)55(47)59)48-31-38(36-13-4-2-5-14-36)22-26-42(48)43-27-23-39(32-49(43)56)37-15-6-3-7-16-37;/h2-32,35H,1H3;/q-3;. The van der Waals surface area contributed by atoms with Crippen molar-refractivity contribution in [3.05, 3.63) is 229 Å². The van der Waals surface area contributed by atoms with Crippen LogP contribution in [0.2, 0.25) is 0 Å². The first-order valence-electron chi connectivity index (χ1n) is 20.7. The van der Waals surface area contributed by atoms with Crippen molar-refractivity contribution in [2.75, 3.05) is 16.8 Å². The topological polar surface area (TPSA) is 33.5 Å². The molecule has 5 nitrogen and oxygen atoms in total. The van der Waals surface area contributed by atoms with Gasteiger partial charge in [-0.2, -0.15) is 18.8 Å². The van der Waals surface area contributed by atoms with Gasteiger partial charge < -0.3 is 19.1 Å². The molecule has 0 unspecified atom stereocenters. The Kier molecular flexibility index (Phi) is 8.21. The molecular weight excluding hydrogens is 851 g/mol. The molecule has 0 amide bonds. The number of benzene rings is 8. The summed E-state index contributed by atoms with van der Waals surface area (Å²) in [5, 5.41) is 2.23. The van der Waals surface area contributed by atoms with Gasteiger partial charge in [0.2, 0.25) is 0 Å². The molecule has 2 aliphatic heterocycles. The minimum absolute atomic E-state index is 0. The quantitative estimate of drug-likeness (QED) is 0.127. The van der Waals surface area contributed by atoms with Crippen LogP contribution in [0.4, 0.5) is 17.1 Å². The first-order chi connectivity index (χ1) is 30.1. The normalized spacial score (nSPS) is 13.8. The van der Waals surface area contributed by atoms with Crippen molar-refractivity contribution in [2.45, 2.75) is 5.41 Å². The molecule has 0 saturated carbocycles. The van der Waals surface area contributed by atoms with E-state index in [-0.39, 0.29) is 20.4 Å². The fraction of sp³-hybridized carbons (Fsp3) is 0.0357. The van der Waals surface area contributed by atoms with Crippen LogP contribution in [0.15, 0.2) is 188 Å². The Morgan fingerprint density at radius 3 is 1.92 bits per heavy atom. The second kappa shape index (κ2) is 13.9. The van der Waals surface area contributed by atoms with Crippen molar-refractivity contribution in [3.8, 4) is 50.7 Å². The summed E-state index contributed by atoms with van der Waals surface area (Å²) in [6.07, 6.45) is 1.83. The molecule has 0 N–H and O–H groups in total. The van der Waals surface area contributed by atoms with Gasteiger partial charge in [-0.25, -0.2) is 4.98 Å². The largest absolute Gasteiger partial charge is 0.509 e. The molecule has 0 saturated heterocycles. The molecule has 0 radical (unpaired) electrons. The van der Waals surface area contributed by atoms with Gasteiger partial charge in [0, 0.05) is 60.4 Å². The fourth-order valence-electron chi connectivity index (χ4n) is 10.3. The van der Waals surface area contributed by atoms with Crippen molar-refractivity contribution in [1.29, 1.82) is 0 Å². The average molecular weight is 886 g/mol. The maximum atomic E-state index is 6.81. The molecule has 3 aliphatic rings. The zero-order valence-electron chi connectivity index (χ0n) is 33.5. The molecule has 0 atom stereocenters. The number of para-hydroxylation sites is 2. The third kappa shape index (κ3) is 5.15. The van der Waals surface area contributed by atoms with Crippen molar-refractivity contribution in [1.82, 2.24) is 9.55 Å². The van der Waals surface area contributed by atoms with Crippen molar-refractivity contribution in [3.63, 3.8) is 0 Å². The van der Waals surface area contributed by atoms with Gasteiger partial charge in [0.05, 0.1) is 0 Å². The minimum atomic E-state index is -0.653. The minimum Gasteiger partial charge on any atom is -0.509 e. The van der Waals surface area contributed by atoms with Crippen molar-refractivity contribution < 1.29 is 25.2 Å². The van der Waals surface area contributed by atoms with E-state index in [4.69, 9.17) is 9.72 Å². The monoisotopic (exact) mass is 885 g/mol. The predicted octanol–water partition coefficient (Wildman–Crippen LogP) is 13.3. The smallest absolute Gasteiger partial charge is 0.135 e. The van der Waals surface area contributed by atoms with Crippen LogP contribution >= 0.6 is 0 Å². The van der Waals surface area contributed by atoms with Crippen LogP contribution in [-0.2, 0) is 25.8 Å². The van der Waals surface area contributed by atoms with Gasteiger partial charge in [-0.05, 0) is 86.8 Å². The second-order valence-corrected chi connectivity index (χ2v) is 16.1. The molecule has 62 heavy (non-hydrogen) atoms. The van der Waals surface area contributed by atoms with Crippen molar-refractivity contribution in [2.24, 2.45) is 0 Å². The predicted molar refractivity (Wildman–Crippen MR) is 246 cm³/mol. The van der Waals surface area contributed by atoms with E-state index in [2.05, 4.69) is 198 Å². The third-order valence-electron chi connectivity index (χ3n) is 12.9. The summed E-state index contributed by atoms with van der Waals surface area (Å²) in [6.45, 7) is 2.18. The Balaban J connectivity index is 0.00000410. The fourth-order valence-corrected chi connectivity index (χ4v) is 10.3. The van der Waals surface area contributed by atoms with E-state index in [9.17, 15) is 0 Å². The van der Waals surface area contributed by atoms with Gasteiger partial charge in [-0.15, -0.1) is 35.2 Å². The van der Waals surface area contributed by atoms with E-state index in [0.29, 0.717) is 11.5 Å². The number of anilines is 3. The molecule has 0 bridgehead atoms. The summed E-state index contributed by atoms with van der Waals surface area (Å²) in [5.74, 6) is 2.05. The number of aromatic nitrogens is 2. The van der Waals surface area contributed by atoms with Gasteiger partial charge in [0.15, 0.2) is 0 Å². The maximum absolute atomic E-state index is 6.81. The molecule has 1 spiro atoms. The van der Waals surface area contributed by atoms with Crippen LogP contribution in [0.3, 0.4) is 0 Å². The number of fused-ring (bicyclic) bond motifs is 12. The number of pyridine rings is 1. The average Bonchev–Trinajstić information content (AvgIpc) is 3.94. The molecular formula is C56H35N4OPd-3. The van der Waals surface area contributed by atoms with E-state index in [1.807, 2.05) is 30.5 Å². The van der Waals surface area contributed by atoms with Gasteiger partial charge in [-0.3, -0.25) is 0 Å². The molecule has 2 aromatic heterocycles. The molecule has 8 aromatic carbocycles. The van der Waals surface area contributed by atoms with Crippen LogP contribution in [0.1, 0.15) is 22.3 Å². The van der Waals surface area contributed by atoms with Crippen LogP contribution in [0.5, 0.6) is 11.5 Å². The Labute approximate surface area is 373 Å². The van der Waals surface area contributed by atoms with Crippen molar-refractivity contribution >= 4 is 38.9 Å². The Hall–Kier alpha value is -7.23. The zero-order chi connectivity index (χ0) is 40.2. The first kappa shape index (κ1) is 36.6. The summed E-state index contributed by atoms with van der Waals surface area (Å²) in [6, 6.07) is 72.7.